The minimum Gasteiger partial charge on any atom is -0.399 e. The molecule has 0 aliphatic carbocycles. The average Bonchev–Trinajstić information content (AvgIpc) is 2.25. The molecule has 106 valence electrons. The molecule has 1 aromatic rings. The van der Waals surface area contributed by atoms with Gasteiger partial charge in [0.25, 0.3) is 0 Å². The SMILES string of the molecule is CC(C)CNC(=O)CS(=O)(=O)c1ccc(N)cc1Br. The zero-order valence-electron chi connectivity index (χ0n) is 10.8. The number of hydrogen-bond donors (Lipinski definition) is 2. The zero-order chi connectivity index (χ0) is 14.6. The number of halogens is 1. The minimum atomic E-state index is -3.67. The number of benzene rings is 1. The van der Waals surface area contributed by atoms with Crippen LogP contribution in [-0.2, 0) is 14.6 Å². The highest BCUT2D eigenvalue weighted by molar-refractivity contribution is 9.10. The van der Waals surface area contributed by atoms with Crippen LogP contribution < -0.4 is 11.1 Å². The Balaban J connectivity index is 2.84. The maximum atomic E-state index is 12.1. The lowest BCUT2D eigenvalue weighted by Gasteiger charge is -2.09. The summed E-state index contributed by atoms with van der Waals surface area (Å²) >= 11 is 3.14. The van der Waals surface area contributed by atoms with Gasteiger partial charge in [-0.25, -0.2) is 8.42 Å². The third-order valence-corrected chi connectivity index (χ3v) is 4.91. The number of amides is 1. The summed E-state index contributed by atoms with van der Waals surface area (Å²) in [6, 6.07) is 4.38. The molecule has 7 heteroatoms. The van der Waals surface area contributed by atoms with E-state index in [9.17, 15) is 13.2 Å². The molecule has 1 rings (SSSR count). The van der Waals surface area contributed by atoms with Crippen molar-refractivity contribution in [3.63, 3.8) is 0 Å². The van der Waals surface area contributed by atoms with E-state index in [2.05, 4.69) is 21.2 Å². The minimum absolute atomic E-state index is 0.0707. The van der Waals surface area contributed by atoms with E-state index in [1.807, 2.05) is 13.8 Å². The van der Waals surface area contributed by atoms with Crippen LogP contribution in [-0.4, -0.2) is 26.6 Å². The topological polar surface area (TPSA) is 89.3 Å². The summed E-state index contributed by atoms with van der Waals surface area (Å²) in [6.45, 7) is 4.33. The second-order valence-electron chi connectivity index (χ2n) is 4.65. The molecule has 0 saturated carbocycles. The standard InChI is InChI=1S/C12H17BrN2O3S/c1-8(2)6-15-12(16)7-19(17,18)11-4-3-9(14)5-10(11)13/h3-5,8H,6-7,14H2,1-2H3,(H,15,16). The summed E-state index contributed by atoms with van der Waals surface area (Å²) in [5.74, 6) is -0.797. The van der Waals surface area contributed by atoms with Crippen molar-refractivity contribution < 1.29 is 13.2 Å². The Bertz CT molecular complexity index is 570. The van der Waals surface area contributed by atoms with Gasteiger partial charge in [0, 0.05) is 16.7 Å². The third kappa shape index (κ3) is 4.83. The van der Waals surface area contributed by atoms with Crippen molar-refractivity contribution in [1.82, 2.24) is 5.32 Å². The number of carbonyl (C=O) groups is 1. The van der Waals surface area contributed by atoms with E-state index >= 15 is 0 Å². The fraction of sp³-hybridized carbons (Fsp3) is 0.417. The maximum Gasteiger partial charge on any atom is 0.235 e. The number of nitrogen functional groups attached to an aromatic ring is 1. The molecule has 0 aromatic heterocycles. The lowest BCUT2D eigenvalue weighted by molar-refractivity contribution is -0.118. The summed E-state index contributed by atoms with van der Waals surface area (Å²) in [5, 5.41) is 2.58. The van der Waals surface area contributed by atoms with Gasteiger partial charge < -0.3 is 11.1 Å². The van der Waals surface area contributed by atoms with Gasteiger partial charge >= 0.3 is 0 Å². The summed E-state index contributed by atoms with van der Waals surface area (Å²) in [4.78, 5) is 11.7. The maximum absolute atomic E-state index is 12.1. The number of nitrogens with one attached hydrogen (secondary N) is 1. The molecular weight excluding hydrogens is 332 g/mol. The van der Waals surface area contributed by atoms with Crippen LogP contribution >= 0.6 is 15.9 Å². The van der Waals surface area contributed by atoms with Gasteiger partial charge in [-0.2, -0.15) is 0 Å². The van der Waals surface area contributed by atoms with E-state index in [0.29, 0.717) is 16.7 Å². The monoisotopic (exact) mass is 348 g/mol. The zero-order valence-corrected chi connectivity index (χ0v) is 13.2. The summed E-state index contributed by atoms with van der Waals surface area (Å²) in [5.41, 5.74) is 6.00. The second-order valence-corrected chi connectivity index (χ2v) is 7.46. The van der Waals surface area contributed by atoms with Gasteiger partial charge in [0.15, 0.2) is 9.84 Å². The molecule has 5 nitrogen and oxygen atoms in total. The van der Waals surface area contributed by atoms with E-state index in [-0.39, 0.29) is 10.8 Å². The first-order chi connectivity index (χ1) is 8.72. The van der Waals surface area contributed by atoms with Gasteiger partial charge in [0.2, 0.25) is 5.91 Å². The van der Waals surface area contributed by atoms with Crippen molar-refractivity contribution in [1.29, 1.82) is 0 Å². The lowest BCUT2D eigenvalue weighted by atomic mass is 10.2. The highest BCUT2D eigenvalue weighted by Gasteiger charge is 2.21. The molecule has 19 heavy (non-hydrogen) atoms. The molecule has 0 radical (unpaired) electrons. The smallest absolute Gasteiger partial charge is 0.235 e. The molecule has 0 spiro atoms. The Kier molecular flexibility index (Phi) is 5.37. The number of anilines is 1. The highest BCUT2D eigenvalue weighted by Crippen LogP contribution is 2.25. The van der Waals surface area contributed by atoms with Gasteiger partial charge in [0.05, 0.1) is 4.90 Å². The number of carbonyl (C=O) groups excluding carboxylic acids is 1. The number of sulfone groups is 1. The molecule has 1 aromatic carbocycles. The number of rotatable bonds is 5. The van der Waals surface area contributed by atoms with Gasteiger partial charge in [-0.3, -0.25) is 4.79 Å². The van der Waals surface area contributed by atoms with Crippen LogP contribution in [0.5, 0.6) is 0 Å². The van der Waals surface area contributed by atoms with Crippen molar-refractivity contribution in [3.05, 3.63) is 22.7 Å². The Morgan fingerprint density at radius 2 is 2.05 bits per heavy atom. The van der Waals surface area contributed by atoms with Gasteiger partial charge in [-0.1, -0.05) is 13.8 Å². The van der Waals surface area contributed by atoms with E-state index < -0.39 is 21.5 Å². The quantitative estimate of drug-likeness (QED) is 0.790. The normalized spacial score (nSPS) is 11.6. The Hall–Kier alpha value is -1.08. The molecule has 0 unspecified atom stereocenters. The Labute approximate surface area is 121 Å². The average molecular weight is 349 g/mol. The molecule has 0 aliphatic rings. The molecule has 3 N–H and O–H groups in total. The Morgan fingerprint density at radius 3 is 2.58 bits per heavy atom. The molecule has 0 aliphatic heterocycles. The van der Waals surface area contributed by atoms with E-state index in [4.69, 9.17) is 5.73 Å². The van der Waals surface area contributed by atoms with Crippen LogP contribution in [0, 0.1) is 5.92 Å². The van der Waals surface area contributed by atoms with Crippen molar-refractivity contribution in [2.24, 2.45) is 5.92 Å². The summed E-state index contributed by atoms with van der Waals surface area (Å²) in [6.07, 6.45) is 0. The van der Waals surface area contributed by atoms with Crippen LogP contribution in [0.15, 0.2) is 27.6 Å². The number of hydrogen-bond acceptors (Lipinski definition) is 4. The van der Waals surface area contributed by atoms with Gasteiger partial charge in [-0.05, 0) is 40.0 Å². The summed E-state index contributed by atoms with van der Waals surface area (Å²) < 4.78 is 24.5. The lowest BCUT2D eigenvalue weighted by Crippen LogP contribution is -2.32. The van der Waals surface area contributed by atoms with Crippen molar-refractivity contribution >= 4 is 37.4 Å². The van der Waals surface area contributed by atoms with Crippen LogP contribution in [0.2, 0.25) is 0 Å². The van der Waals surface area contributed by atoms with Crippen molar-refractivity contribution in [2.75, 3.05) is 18.0 Å². The van der Waals surface area contributed by atoms with Crippen molar-refractivity contribution in [2.45, 2.75) is 18.7 Å². The summed E-state index contributed by atoms with van der Waals surface area (Å²) in [7, 11) is -3.67. The van der Waals surface area contributed by atoms with E-state index in [1.165, 1.54) is 18.2 Å². The first kappa shape index (κ1) is 16.0. The second kappa shape index (κ2) is 6.38. The molecule has 0 heterocycles. The Morgan fingerprint density at radius 1 is 1.42 bits per heavy atom. The fourth-order valence-electron chi connectivity index (χ4n) is 1.39. The molecule has 0 atom stereocenters. The molecular formula is C12H17BrN2O3S. The molecule has 1 amide bonds. The first-order valence-corrected chi connectivity index (χ1v) is 8.21. The van der Waals surface area contributed by atoms with Crippen LogP contribution in [0.1, 0.15) is 13.8 Å². The fourth-order valence-corrected chi connectivity index (χ4v) is 3.76. The van der Waals surface area contributed by atoms with Gasteiger partial charge in [0.1, 0.15) is 5.75 Å². The van der Waals surface area contributed by atoms with Crippen LogP contribution in [0.25, 0.3) is 0 Å². The van der Waals surface area contributed by atoms with Crippen LogP contribution in [0.3, 0.4) is 0 Å². The van der Waals surface area contributed by atoms with Crippen LogP contribution in [0.4, 0.5) is 5.69 Å². The molecule has 0 saturated heterocycles. The largest absolute Gasteiger partial charge is 0.399 e. The van der Waals surface area contributed by atoms with E-state index in [1.54, 1.807) is 0 Å². The van der Waals surface area contributed by atoms with Crippen molar-refractivity contribution in [3.8, 4) is 0 Å². The predicted molar refractivity (Wildman–Crippen MR) is 78.5 cm³/mol. The first-order valence-electron chi connectivity index (χ1n) is 5.77. The molecule has 0 bridgehead atoms. The third-order valence-electron chi connectivity index (χ3n) is 2.32. The predicted octanol–water partition coefficient (Wildman–Crippen LogP) is 1.58. The molecule has 0 fully saturated rings. The highest BCUT2D eigenvalue weighted by atomic mass is 79.9. The number of nitrogens with two attached hydrogens (primary N) is 1. The van der Waals surface area contributed by atoms with Gasteiger partial charge in [-0.15, -0.1) is 0 Å². The van der Waals surface area contributed by atoms with E-state index in [0.717, 1.165) is 0 Å².